The van der Waals surface area contributed by atoms with Gasteiger partial charge in [-0.25, -0.2) is 4.39 Å². The largest absolute Gasteiger partial charge is 0.390 e. The minimum Gasteiger partial charge on any atom is -0.390 e. The van der Waals surface area contributed by atoms with Gasteiger partial charge < -0.3 is 5.11 Å². The molecule has 3 rings (SSSR count). The van der Waals surface area contributed by atoms with Gasteiger partial charge in [0.05, 0.1) is 6.61 Å². The molecule has 0 unspecified atom stereocenters. The van der Waals surface area contributed by atoms with E-state index in [1.807, 2.05) is 6.92 Å². The number of hydrogen-bond acceptors (Lipinski definition) is 6. The van der Waals surface area contributed by atoms with Crippen LogP contribution in [0.4, 0.5) is 4.39 Å². The highest BCUT2D eigenvalue weighted by Gasteiger charge is 2.20. The van der Waals surface area contributed by atoms with E-state index >= 15 is 0 Å². The summed E-state index contributed by atoms with van der Waals surface area (Å²) in [5.74, 6) is -0.410. The van der Waals surface area contributed by atoms with E-state index in [1.165, 1.54) is 22.1 Å². The lowest BCUT2D eigenvalue weighted by molar-refractivity contribution is 0.277. The van der Waals surface area contributed by atoms with Crippen LogP contribution in [0.25, 0.3) is 16.4 Å². The Morgan fingerprint density at radius 2 is 2.05 bits per heavy atom. The molecule has 0 radical (unpaired) electrons. The number of benzene rings is 1. The molecule has 1 N–H and O–H groups in total. The molecule has 0 saturated carbocycles. The summed E-state index contributed by atoms with van der Waals surface area (Å²) in [5, 5.41) is 26.3. The molecule has 0 atom stereocenters. The van der Waals surface area contributed by atoms with Gasteiger partial charge in [-0.2, -0.15) is 4.68 Å². The number of hydrogen-bond donors (Lipinski definition) is 1. The van der Waals surface area contributed by atoms with Crippen LogP contribution in [0.5, 0.6) is 0 Å². The molecule has 0 aliphatic heterocycles. The highest BCUT2D eigenvalue weighted by atomic mass is 32.1. The predicted molar refractivity (Wildman–Crippen MR) is 70.9 cm³/mol. The fraction of sp³-hybridized carbons (Fsp3) is 0.167. The summed E-state index contributed by atoms with van der Waals surface area (Å²) < 4.78 is 15.4. The summed E-state index contributed by atoms with van der Waals surface area (Å²) in [6.07, 6.45) is 0. The smallest absolute Gasteiger partial charge is 0.234 e. The van der Waals surface area contributed by atoms with Crippen molar-refractivity contribution < 1.29 is 9.50 Å². The van der Waals surface area contributed by atoms with Gasteiger partial charge in [-0.3, -0.25) is 0 Å². The van der Waals surface area contributed by atoms with Gasteiger partial charge in [0.15, 0.2) is 0 Å². The zero-order chi connectivity index (χ0) is 14.1. The molecule has 0 bridgehead atoms. The van der Waals surface area contributed by atoms with E-state index in [0.29, 0.717) is 22.1 Å². The molecule has 3 aromatic rings. The van der Waals surface area contributed by atoms with Crippen LogP contribution in [-0.4, -0.2) is 30.3 Å². The lowest BCUT2D eigenvalue weighted by Gasteiger charge is -2.05. The summed E-state index contributed by atoms with van der Waals surface area (Å²) in [6.45, 7) is 1.48. The molecule has 0 saturated heterocycles. The Labute approximate surface area is 117 Å². The van der Waals surface area contributed by atoms with Crippen molar-refractivity contribution in [2.45, 2.75) is 13.5 Å². The fourth-order valence-corrected chi connectivity index (χ4v) is 2.49. The van der Waals surface area contributed by atoms with Crippen LogP contribution in [-0.2, 0) is 6.61 Å². The molecule has 2 heterocycles. The van der Waals surface area contributed by atoms with Crippen LogP contribution in [0.15, 0.2) is 24.3 Å². The number of aliphatic hydroxyl groups is 1. The lowest BCUT2D eigenvalue weighted by atomic mass is 10.1. The van der Waals surface area contributed by atoms with Crippen molar-refractivity contribution in [3.05, 3.63) is 40.8 Å². The highest BCUT2D eigenvalue weighted by molar-refractivity contribution is 7.13. The van der Waals surface area contributed by atoms with Crippen molar-refractivity contribution in [3.63, 3.8) is 0 Å². The minimum absolute atomic E-state index is 0.294. The summed E-state index contributed by atoms with van der Waals surface area (Å²) in [6, 6.07) is 6.26. The SMILES string of the molecule is Cc1nnc(-n2nnc(CO)c2-c2ccccc2F)s1. The number of aliphatic hydroxyl groups excluding tert-OH is 1. The molecule has 8 heteroatoms. The van der Waals surface area contributed by atoms with Crippen molar-refractivity contribution in [2.75, 3.05) is 0 Å². The van der Waals surface area contributed by atoms with Gasteiger partial charge in [0.1, 0.15) is 22.2 Å². The Kier molecular flexibility index (Phi) is 3.25. The number of nitrogens with zero attached hydrogens (tertiary/aromatic N) is 5. The fourth-order valence-electron chi connectivity index (χ4n) is 1.85. The number of aromatic nitrogens is 5. The third-order valence-electron chi connectivity index (χ3n) is 2.72. The Hall–Kier alpha value is -2.19. The van der Waals surface area contributed by atoms with E-state index in [2.05, 4.69) is 20.5 Å². The molecule has 0 aliphatic carbocycles. The van der Waals surface area contributed by atoms with Crippen molar-refractivity contribution in [1.82, 2.24) is 25.2 Å². The lowest BCUT2D eigenvalue weighted by Crippen LogP contribution is -2.01. The summed E-state index contributed by atoms with van der Waals surface area (Å²) in [4.78, 5) is 0. The van der Waals surface area contributed by atoms with Gasteiger partial charge in [-0.15, -0.1) is 15.3 Å². The van der Waals surface area contributed by atoms with Crippen LogP contribution in [0, 0.1) is 12.7 Å². The van der Waals surface area contributed by atoms with E-state index in [0.717, 1.165) is 5.01 Å². The van der Waals surface area contributed by atoms with Crippen LogP contribution in [0.2, 0.25) is 0 Å². The van der Waals surface area contributed by atoms with Gasteiger partial charge in [0, 0.05) is 5.56 Å². The van der Waals surface area contributed by atoms with Gasteiger partial charge in [0.25, 0.3) is 0 Å². The highest BCUT2D eigenvalue weighted by Crippen LogP contribution is 2.28. The second-order valence-electron chi connectivity index (χ2n) is 4.04. The van der Waals surface area contributed by atoms with Crippen molar-refractivity contribution in [3.8, 4) is 16.4 Å². The summed E-state index contributed by atoms with van der Waals surface area (Å²) in [5.41, 5.74) is 0.999. The number of rotatable bonds is 3. The quantitative estimate of drug-likeness (QED) is 0.795. The molecule has 0 amide bonds. The molecule has 0 fully saturated rings. The monoisotopic (exact) mass is 291 g/mol. The van der Waals surface area contributed by atoms with Crippen molar-refractivity contribution >= 4 is 11.3 Å². The van der Waals surface area contributed by atoms with E-state index in [-0.39, 0.29) is 6.61 Å². The first kappa shape index (κ1) is 12.8. The van der Waals surface area contributed by atoms with Gasteiger partial charge >= 0.3 is 0 Å². The Morgan fingerprint density at radius 3 is 2.70 bits per heavy atom. The van der Waals surface area contributed by atoms with Gasteiger partial charge in [-0.05, 0) is 19.1 Å². The maximum absolute atomic E-state index is 14.0. The minimum atomic E-state index is -0.410. The second-order valence-corrected chi connectivity index (χ2v) is 5.20. The zero-order valence-electron chi connectivity index (χ0n) is 10.5. The first-order valence-corrected chi connectivity index (χ1v) is 6.63. The van der Waals surface area contributed by atoms with E-state index in [9.17, 15) is 9.50 Å². The molecule has 2 aromatic heterocycles. The summed E-state index contributed by atoms with van der Waals surface area (Å²) in [7, 11) is 0. The normalized spacial score (nSPS) is 10.9. The molecule has 6 nitrogen and oxygen atoms in total. The molecule has 0 aliphatic rings. The maximum Gasteiger partial charge on any atom is 0.234 e. The average Bonchev–Trinajstić information content (AvgIpc) is 3.05. The Bertz CT molecular complexity index is 754. The Morgan fingerprint density at radius 1 is 1.25 bits per heavy atom. The van der Waals surface area contributed by atoms with Gasteiger partial charge in [-0.1, -0.05) is 28.7 Å². The number of halogens is 1. The topological polar surface area (TPSA) is 76.7 Å². The van der Waals surface area contributed by atoms with Crippen molar-refractivity contribution in [2.24, 2.45) is 0 Å². The second kappa shape index (κ2) is 5.06. The Balaban J connectivity index is 2.23. The van der Waals surface area contributed by atoms with Crippen molar-refractivity contribution in [1.29, 1.82) is 0 Å². The molecular formula is C12H10FN5OS. The zero-order valence-corrected chi connectivity index (χ0v) is 11.3. The first-order valence-electron chi connectivity index (χ1n) is 5.81. The molecule has 1 aromatic carbocycles. The molecule has 20 heavy (non-hydrogen) atoms. The van der Waals surface area contributed by atoms with Crippen LogP contribution < -0.4 is 0 Å². The molecule has 102 valence electrons. The third-order valence-corrected chi connectivity index (χ3v) is 3.53. The van der Waals surface area contributed by atoms with E-state index in [1.54, 1.807) is 18.2 Å². The van der Waals surface area contributed by atoms with E-state index in [4.69, 9.17) is 0 Å². The van der Waals surface area contributed by atoms with Gasteiger partial charge in [0.2, 0.25) is 5.13 Å². The molecule has 0 spiro atoms. The maximum atomic E-state index is 14.0. The van der Waals surface area contributed by atoms with Crippen LogP contribution >= 0.6 is 11.3 Å². The predicted octanol–water partition coefficient (Wildman–Crippen LogP) is 1.73. The van der Waals surface area contributed by atoms with Crippen LogP contribution in [0.3, 0.4) is 0 Å². The average molecular weight is 291 g/mol. The van der Waals surface area contributed by atoms with Crippen LogP contribution in [0.1, 0.15) is 10.7 Å². The van der Waals surface area contributed by atoms with E-state index < -0.39 is 5.82 Å². The molecular weight excluding hydrogens is 281 g/mol. The first-order chi connectivity index (χ1) is 9.70. The third kappa shape index (κ3) is 2.08. The summed E-state index contributed by atoms with van der Waals surface area (Å²) >= 11 is 1.31. The standard InChI is InChI=1S/C12H10FN5OS/c1-7-14-16-12(20-7)18-11(10(6-19)15-17-18)8-4-2-3-5-9(8)13/h2-5,19H,6H2,1H3. The number of aryl methyl sites for hydroxylation is 1.